The Hall–Kier alpha value is -0.650. The molecule has 0 bridgehead atoms. The first-order valence-corrected chi connectivity index (χ1v) is 6.85. The Kier molecular flexibility index (Phi) is 6.23. The molecule has 1 aromatic carbocycles. The van der Waals surface area contributed by atoms with Crippen LogP contribution in [0.2, 0.25) is 0 Å². The second kappa shape index (κ2) is 7.22. The Morgan fingerprint density at radius 3 is 2.95 bits per heavy atom. The first kappa shape index (κ1) is 16.4. The van der Waals surface area contributed by atoms with Crippen molar-refractivity contribution in [2.75, 3.05) is 6.54 Å². The van der Waals surface area contributed by atoms with Crippen molar-refractivity contribution in [2.24, 2.45) is 0 Å². The first-order chi connectivity index (χ1) is 8.56. The first-order valence-electron chi connectivity index (χ1n) is 6.05. The molecule has 0 saturated carbocycles. The zero-order chi connectivity index (χ0) is 13.1. The van der Waals surface area contributed by atoms with Gasteiger partial charge < -0.3 is 10.6 Å². The number of amides is 1. The summed E-state index contributed by atoms with van der Waals surface area (Å²) >= 11 is 3.27. The molecule has 19 heavy (non-hydrogen) atoms. The fourth-order valence-electron chi connectivity index (χ4n) is 2.20. The molecule has 106 valence electrons. The summed E-state index contributed by atoms with van der Waals surface area (Å²) in [6.45, 7) is 2.99. The fraction of sp³-hybridized carbons (Fsp3) is 0.462. The highest BCUT2D eigenvalue weighted by Gasteiger charge is 2.21. The molecule has 0 spiro atoms. The summed E-state index contributed by atoms with van der Waals surface area (Å²) in [5, 5.41) is 6.28. The van der Waals surface area contributed by atoms with E-state index in [0.717, 1.165) is 19.4 Å². The van der Waals surface area contributed by atoms with E-state index < -0.39 is 5.82 Å². The molecule has 2 rings (SSSR count). The maximum Gasteiger partial charge on any atom is 0.252 e. The maximum atomic E-state index is 13.1. The molecule has 1 aliphatic heterocycles. The van der Waals surface area contributed by atoms with E-state index in [1.165, 1.54) is 12.1 Å². The van der Waals surface area contributed by atoms with E-state index in [-0.39, 0.29) is 24.4 Å². The number of piperidine rings is 1. The molecule has 0 radical (unpaired) electrons. The van der Waals surface area contributed by atoms with Crippen LogP contribution < -0.4 is 10.6 Å². The molecule has 1 amide bonds. The second-order valence-corrected chi connectivity index (χ2v) is 5.53. The third kappa shape index (κ3) is 4.44. The van der Waals surface area contributed by atoms with Crippen LogP contribution >= 0.6 is 28.3 Å². The van der Waals surface area contributed by atoms with Gasteiger partial charge in [0.1, 0.15) is 5.82 Å². The summed E-state index contributed by atoms with van der Waals surface area (Å²) in [6, 6.07) is 4.69. The molecule has 1 fully saturated rings. The minimum atomic E-state index is -0.401. The molecule has 0 aromatic heterocycles. The lowest BCUT2D eigenvalue weighted by molar-refractivity contribution is 0.0924. The number of nitrogens with one attached hydrogen (secondary N) is 2. The van der Waals surface area contributed by atoms with Gasteiger partial charge in [-0.05, 0) is 60.4 Å². The average molecular weight is 352 g/mol. The third-order valence-corrected chi connectivity index (χ3v) is 3.82. The van der Waals surface area contributed by atoms with E-state index in [4.69, 9.17) is 0 Å². The van der Waals surface area contributed by atoms with Crippen LogP contribution in [-0.2, 0) is 0 Å². The predicted molar refractivity (Wildman–Crippen MR) is 79.3 cm³/mol. The van der Waals surface area contributed by atoms with Gasteiger partial charge in [0.15, 0.2) is 0 Å². The van der Waals surface area contributed by atoms with Crippen molar-refractivity contribution in [1.82, 2.24) is 10.6 Å². The Labute approximate surface area is 126 Å². The van der Waals surface area contributed by atoms with Crippen molar-refractivity contribution in [3.8, 4) is 0 Å². The molecule has 2 atom stereocenters. The average Bonchev–Trinajstić information content (AvgIpc) is 2.32. The summed E-state index contributed by atoms with van der Waals surface area (Å²) in [4.78, 5) is 12.1. The Morgan fingerprint density at radius 2 is 2.26 bits per heavy atom. The van der Waals surface area contributed by atoms with Crippen molar-refractivity contribution < 1.29 is 9.18 Å². The van der Waals surface area contributed by atoms with Gasteiger partial charge in [0.25, 0.3) is 5.91 Å². The van der Waals surface area contributed by atoms with Crippen LogP contribution in [0.25, 0.3) is 0 Å². The van der Waals surface area contributed by atoms with Crippen molar-refractivity contribution in [1.29, 1.82) is 0 Å². The Morgan fingerprint density at radius 1 is 1.53 bits per heavy atom. The number of benzene rings is 1. The molecule has 1 aromatic rings. The summed E-state index contributed by atoms with van der Waals surface area (Å²) in [5.41, 5.74) is 0.348. The van der Waals surface area contributed by atoms with E-state index in [2.05, 4.69) is 33.5 Å². The standard InChI is InChI=1S/C13H16BrFN2O.ClH/c1-8-6-10(4-5-16-8)17-13(18)11-7-9(15)2-3-12(11)14;/h2-3,7-8,10,16H,4-6H2,1H3,(H,17,18);1H. The Bertz CT molecular complexity index is 458. The lowest BCUT2D eigenvalue weighted by Crippen LogP contribution is -2.46. The Balaban J connectivity index is 0.00000180. The van der Waals surface area contributed by atoms with Crippen molar-refractivity contribution in [2.45, 2.75) is 31.8 Å². The summed E-state index contributed by atoms with van der Waals surface area (Å²) in [5.74, 6) is -0.623. The monoisotopic (exact) mass is 350 g/mol. The normalized spacial score (nSPS) is 22.5. The zero-order valence-electron chi connectivity index (χ0n) is 10.6. The SMILES string of the molecule is CC1CC(NC(=O)c2cc(F)ccc2Br)CCN1.Cl. The number of hydrogen-bond donors (Lipinski definition) is 2. The quantitative estimate of drug-likeness (QED) is 0.860. The molecule has 1 heterocycles. The van der Waals surface area contributed by atoms with Gasteiger partial charge >= 0.3 is 0 Å². The maximum absolute atomic E-state index is 13.1. The molecular weight excluding hydrogens is 335 g/mol. The minimum absolute atomic E-state index is 0. The number of carbonyl (C=O) groups excluding carboxylic acids is 1. The smallest absolute Gasteiger partial charge is 0.252 e. The second-order valence-electron chi connectivity index (χ2n) is 4.67. The van der Waals surface area contributed by atoms with Gasteiger partial charge in [-0.1, -0.05) is 0 Å². The van der Waals surface area contributed by atoms with Gasteiger partial charge in [0, 0.05) is 16.6 Å². The van der Waals surface area contributed by atoms with Crippen LogP contribution in [0, 0.1) is 5.82 Å². The number of rotatable bonds is 2. The highest BCUT2D eigenvalue weighted by Crippen LogP contribution is 2.18. The lowest BCUT2D eigenvalue weighted by Gasteiger charge is -2.28. The van der Waals surface area contributed by atoms with Crippen LogP contribution in [0.3, 0.4) is 0 Å². The predicted octanol–water partition coefficient (Wildman–Crippen LogP) is 2.88. The molecule has 2 unspecified atom stereocenters. The lowest BCUT2D eigenvalue weighted by atomic mass is 10.0. The number of halogens is 3. The van der Waals surface area contributed by atoms with E-state index in [1.54, 1.807) is 6.07 Å². The van der Waals surface area contributed by atoms with Crippen LogP contribution in [0.4, 0.5) is 4.39 Å². The van der Waals surface area contributed by atoms with Crippen molar-refractivity contribution >= 4 is 34.2 Å². The van der Waals surface area contributed by atoms with E-state index in [1.807, 2.05) is 0 Å². The molecular formula is C13H17BrClFN2O. The van der Waals surface area contributed by atoms with Gasteiger partial charge in [0.2, 0.25) is 0 Å². The van der Waals surface area contributed by atoms with E-state index in [9.17, 15) is 9.18 Å². The summed E-state index contributed by atoms with van der Waals surface area (Å²) in [6.07, 6.45) is 1.81. The highest BCUT2D eigenvalue weighted by atomic mass is 79.9. The third-order valence-electron chi connectivity index (χ3n) is 3.13. The van der Waals surface area contributed by atoms with Crippen LogP contribution in [0.5, 0.6) is 0 Å². The molecule has 1 saturated heterocycles. The topological polar surface area (TPSA) is 41.1 Å². The van der Waals surface area contributed by atoms with Gasteiger partial charge in [0.05, 0.1) is 5.56 Å². The van der Waals surface area contributed by atoms with Gasteiger partial charge in [-0.25, -0.2) is 4.39 Å². The summed E-state index contributed by atoms with van der Waals surface area (Å²) < 4.78 is 13.8. The van der Waals surface area contributed by atoms with Gasteiger partial charge in [-0.2, -0.15) is 0 Å². The van der Waals surface area contributed by atoms with Crippen LogP contribution in [0.1, 0.15) is 30.1 Å². The molecule has 0 aliphatic carbocycles. The van der Waals surface area contributed by atoms with Gasteiger partial charge in [-0.3, -0.25) is 4.79 Å². The van der Waals surface area contributed by atoms with E-state index >= 15 is 0 Å². The summed E-state index contributed by atoms with van der Waals surface area (Å²) in [7, 11) is 0. The van der Waals surface area contributed by atoms with Crippen LogP contribution in [0.15, 0.2) is 22.7 Å². The number of carbonyl (C=O) groups is 1. The zero-order valence-corrected chi connectivity index (χ0v) is 13.0. The number of hydrogen-bond acceptors (Lipinski definition) is 2. The molecule has 6 heteroatoms. The van der Waals surface area contributed by atoms with E-state index in [0.29, 0.717) is 16.1 Å². The largest absolute Gasteiger partial charge is 0.349 e. The minimum Gasteiger partial charge on any atom is -0.349 e. The van der Waals surface area contributed by atoms with Crippen LogP contribution in [-0.4, -0.2) is 24.5 Å². The van der Waals surface area contributed by atoms with Crippen molar-refractivity contribution in [3.05, 3.63) is 34.1 Å². The molecule has 1 aliphatic rings. The van der Waals surface area contributed by atoms with Crippen molar-refractivity contribution in [3.63, 3.8) is 0 Å². The van der Waals surface area contributed by atoms with Gasteiger partial charge in [-0.15, -0.1) is 12.4 Å². The molecule has 2 N–H and O–H groups in total. The fourth-order valence-corrected chi connectivity index (χ4v) is 2.62. The molecule has 3 nitrogen and oxygen atoms in total. The highest BCUT2D eigenvalue weighted by molar-refractivity contribution is 9.10.